The zero-order chi connectivity index (χ0) is 33.4. The van der Waals surface area contributed by atoms with Crippen LogP contribution in [0.15, 0.2) is 96.1 Å². The van der Waals surface area contributed by atoms with E-state index in [-0.39, 0.29) is 42.8 Å². The molecule has 2 atom stereocenters. The molecule has 3 N–H and O–H groups in total. The molecule has 0 aliphatic carbocycles. The highest BCUT2D eigenvalue weighted by Crippen LogP contribution is 2.29. The van der Waals surface area contributed by atoms with Gasteiger partial charge >= 0.3 is 5.97 Å². The van der Waals surface area contributed by atoms with Crippen LogP contribution in [-0.2, 0) is 30.4 Å². The van der Waals surface area contributed by atoms with E-state index in [1.54, 1.807) is 30.2 Å². The van der Waals surface area contributed by atoms with Crippen LogP contribution >= 0.6 is 0 Å². The average Bonchev–Trinajstić information content (AvgIpc) is 3.09. The van der Waals surface area contributed by atoms with Crippen molar-refractivity contribution >= 4 is 29.9 Å². The second-order valence-corrected chi connectivity index (χ2v) is 10.7. The van der Waals surface area contributed by atoms with Gasteiger partial charge in [0.2, 0.25) is 5.91 Å². The largest absolute Gasteiger partial charge is 0.484 e. The van der Waals surface area contributed by atoms with E-state index in [4.69, 9.17) is 19.4 Å². The number of cyclic esters (lactones) is 1. The number of ether oxygens (including phenoxy) is 3. The highest BCUT2D eigenvalue weighted by atomic mass is 16.5. The summed E-state index contributed by atoms with van der Waals surface area (Å²) in [4.78, 5) is 52.0. The zero-order valence-electron chi connectivity index (χ0n) is 26.0. The molecular weight excluding hydrogens is 604 g/mol. The van der Waals surface area contributed by atoms with Crippen molar-refractivity contribution < 1.29 is 38.6 Å². The number of nitrogens with one attached hydrogen (secondary N) is 2. The third kappa shape index (κ3) is 10.6. The normalized spacial score (nSPS) is 18.0. The number of amides is 3. The quantitative estimate of drug-likeness (QED) is 0.0929. The second kappa shape index (κ2) is 18.0. The molecule has 0 unspecified atom stereocenters. The van der Waals surface area contributed by atoms with Crippen LogP contribution in [0.5, 0.6) is 5.75 Å². The van der Waals surface area contributed by atoms with Gasteiger partial charge in [-0.15, -0.1) is 0 Å². The van der Waals surface area contributed by atoms with Crippen LogP contribution in [-0.4, -0.2) is 66.4 Å². The van der Waals surface area contributed by atoms with Crippen LogP contribution in [0, 0.1) is 0 Å². The number of hydrazone groups is 1. The lowest BCUT2D eigenvalue weighted by Crippen LogP contribution is -2.47. The van der Waals surface area contributed by atoms with Crippen molar-refractivity contribution in [3.8, 4) is 5.75 Å². The van der Waals surface area contributed by atoms with Crippen LogP contribution in [0.1, 0.15) is 58.8 Å². The van der Waals surface area contributed by atoms with Crippen molar-refractivity contribution in [2.75, 3.05) is 20.3 Å². The predicted octanol–water partition coefficient (Wildman–Crippen LogP) is 4.09. The topological polar surface area (TPSA) is 156 Å². The molecule has 12 nitrogen and oxygen atoms in total. The molecule has 0 saturated carbocycles. The molecule has 47 heavy (non-hydrogen) atoms. The number of carbonyl (C=O) groups excluding carboxylic acids is 4. The Labute approximate surface area is 273 Å². The Balaban J connectivity index is 1.48. The van der Waals surface area contributed by atoms with E-state index in [9.17, 15) is 19.2 Å². The van der Waals surface area contributed by atoms with Crippen molar-refractivity contribution in [3.63, 3.8) is 0 Å². The Morgan fingerprint density at radius 2 is 1.74 bits per heavy atom. The number of benzene rings is 3. The van der Waals surface area contributed by atoms with Gasteiger partial charge < -0.3 is 19.1 Å². The fourth-order valence-electron chi connectivity index (χ4n) is 4.95. The van der Waals surface area contributed by atoms with Crippen molar-refractivity contribution in [1.29, 1.82) is 0 Å². The predicted molar refractivity (Wildman–Crippen MR) is 172 cm³/mol. The first-order chi connectivity index (χ1) is 22.9. The molecule has 1 heterocycles. The van der Waals surface area contributed by atoms with Gasteiger partial charge in [0, 0.05) is 32.1 Å². The number of esters is 1. The molecule has 0 spiro atoms. The molecule has 12 heteroatoms. The summed E-state index contributed by atoms with van der Waals surface area (Å²) < 4.78 is 16.8. The molecule has 3 amide bonds. The number of methoxy groups -OCH3 is 1. The average molecular weight is 643 g/mol. The molecule has 4 rings (SSSR count). The minimum Gasteiger partial charge on any atom is -0.484 e. The van der Waals surface area contributed by atoms with Crippen molar-refractivity contribution in [1.82, 2.24) is 15.8 Å². The standard InChI is InChI=1S/C35H38N4O8/c1-45-23-30-34(27-10-5-4-6-11-27)47-33(42)15-8-3-2-7-14-32(41)39(30)22-26-18-16-25(17-19-26)21-36-37-35(43)28-12-9-13-29(20-28)46-24-31(40)38-44/h2-6,9-13,16-21,30,34,44H,7-8,14-15,22-24H2,1H3,(H,37,43)(H,38,40)/b3-2+,36-21+/t30-,34-/m0/s1. The van der Waals surface area contributed by atoms with Gasteiger partial charge in [0.15, 0.2) is 6.61 Å². The number of nitrogens with zero attached hydrogens (tertiary/aromatic N) is 2. The summed E-state index contributed by atoms with van der Waals surface area (Å²) in [5.41, 5.74) is 6.50. The van der Waals surface area contributed by atoms with E-state index in [1.807, 2.05) is 66.7 Å². The maximum Gasteiger partial charge on any atom is 0.306 e. The zero-order valence-corrected chi connectivity index (χ0v) is 26.0. The van der Waals surface area contributed by atoms with Gasteiger partial charge in [-0.05, 0) is 47.7 Å². The fourth-order valence-corrected chi connectivity index (χ4v) is 4.95. The summed E-state index contributed by atoms with van der Waals surface area (Å²) >= 11 is 0. The monoisotopic (exact) mass is 642 g/mol. The molecule has 1 aliphatic heterocycles. The maximum atomic E-state index is 13.7. The highest BCUT2D eigenvalue weighted by Gasteiger charge is 2.34. The van der Waals surface area contributed by atoms with E-state index >= 15 is 0 Å². The summed E-state index contributed by atoms with van der Waals surface area (Å²) in [6.07, 6.45) is 6.22. The van der Waals surface area contributed by atoms with Crippen LogP contribution < -0.4 is 15.6 Å². The lowest BCUT2D eigenvalue weighted by Gasteiger charge is -2.37. The summed E-state index contributed by atoms with van der Waals surface area (Å²) in [6, 6.07) is 22.3. The molecule has 0 saturated heterocycles. The first-order valence-electron chi connectivity index (χ1n) is 15.1. The van der Waals surface area contributed by atoms with E-state index in [0.717, 1.165) is 11.1 Å². The third-order valence-electron chi connectivity index (χ3n) is 7.30. The van der Waals surface area contributed by atoms with Crippen molar-refractivity contribution in [2.24, 2.45) is 5.10 Å². The lowest BCUT2D eigenvalue weighted by atomic mass is 9.99. The molecule has 246 valence electrons. The molecule has 3 aromatic carbocycles. The van der Waals surface area contributed by atoms with Crippen LogP contribution in [0.3, 0.4) is 0 Å². The molecule has 0 bridgehead atoms. The Bertz CT molecular complexity index is 1560. The Morgan fingerprint density at radius 3 is 2.47 bits per heavy atom. The number of hydrogen-bond acceptors (Lipinski definition) is 9. The molecule has 3 aromatic rings. The minimum atomic E-state index is -0.727. The van der Waals surface area contributed by atoms with Crippen molar-refractivity contribution in [3.05, 3.63) is 113 Å². The van der Waals surface area contributed by atoms with Crippen LogP contribution in [0.25, 0.3) is 0 Å². The number of carbonyl (C=O) groups is 4. The number of allylic oxidation sites excluding steroid dienone is 2. The van der Waals surface area contributed by atoms with Gasteiger partial charge in [0.25, 0.3) is 11.8 Å². The summed E-state index contributed by atoms with van der Waals surface area (Å²) in [5.74, 6) is -1.38. The summed E-state index contributed by atoms with van der Waals surface area (Å²) in [7, 11) is 1.56. The maximum absolute atomic E-state index is 13.7. The Hall–Kier alpha value is -5.33. The highest BCUT2D eigenvalue weighted by molar-refractivity contribution is 5.95. The van der Waals surface area contributed by atoms with Gasteiger partial charge in [0.05, 0.1) is 18.9 Å². The molecule has 0 aromatic heterocycles. The van der Waals surface area contributed by atoms with Crippen LogP contribution in [0.4, 0.5) is 0 Å². The van der Waals surface area contributed by atoms with Crippen LogP contribution in [0.2, 0.25) is 0 Å². The van der Waals surface area contributed by atoms with E-state index < -0.39 is 30.6 Å². The van der Waals surface area contributed by atoms with Gasteiger partial charge in [-0.3, -0.25) is 24.4 Å². The minimum absolute atomic E-state index is 0.0891. The first-order valence-corrected chi connectivity index (χ1v) is 15.1. The Morgan fingerprint density at radius 1 is 1.00 bits per heavy atom. The smallest absolute Gasteiger partial charge is 0.306 e. The van der Waals surface area contributed by atoms with Gasteiger partial charge in [-0.25, -0.2) is 10.9 Å². The molecule has 1 aliphatic rings. The molecular formula is C35H38N4O8. The third-order valence-corrected chi connectivity index (χ3v) is 7.30. The van der Waals surface area contributed by atoms with E-state index in [2.05, 4.69) is 10.5 Å². The van der Waals surface area contributed by atoms with Gasteiger partial charge in [-0.2, -0.15) is 5.10 Å². The van der Waals surface area contributed by atoms with Gasteiger partial charge in [0.1, 0.15) is 11.9 Å². The Kier molecular flexibility index (Phi) is 13.2. The first kappa shape index (κ1) is 34.5. The van der Waals surface area contributed by atoms with E-state index in [0.29, 0.717) is 24.8 Å². The van der Waals surface area contributed by atoms with E-state index in [1.165, 1.54) is 17.8 Å². The lowest BCUT2D eigenvalue weighted by molar-refractivity contribution is -0.159. The number of hydrogen-bond donors (Lipinski definition) is 3. The summed E-state index contributed by atoms with van der Waals surface area (Å²) in [6.45, 7) is 0.00294. The van der Waals surface area contributed by atoms with Gasteiger partial charge in [-0.1, -0.05) is 72.8 Å². The number of rotatable bonds is 11. The summed E-state index contributed by atoms with van der Waals surface area (Å²) in [5, 5.41) is 12.6. The molecule has 0 radical (unpaired) electrons. The molecule has 0 fully saturated rings. The fraction of sp³-hybridized carbons (Fsp3) is 0.286. The van der Waals surface area contributed by atoms with Crippen molar-refractivity contribution in [2.45, 2.75) is 44.4 Å². The SMILES string of the molecule is COC[C@H]1[C@H](c2ccccc2)OC(=O)CC/C=C/CCC(=O)N1Cc1ccc(/C=N/NC(=O)c2cccc(OCC(=O)NO)c2)cc1. The second-order valence-electron chi connectivity index (χ2n) is 10.7. The number of hydroxylamine groups is 1.